The topological polar surface area (TPSA) is 79.0 Å². The van der Waals surface area contributed by atoms with Crippen LogP contribution in [0.4, 0.5) is 4.79 Å². The average molecular weight is 291 g/mol. The number of piperidine rings is 1. The van der Waals surface area contributed by atoms with Gasteiger partial charge in [0.2, 0.25) is 10.0 Å². The maximum Gasteiger partial charge on any atom is 0.410 e. The zero-order valence-corrected chi connectivity index (χ0v) is 12.0. The number of ether oxygens (including phenoxy) is 1. The molecule has 2 aliphatic heterocycles. The first-order valence-corrected chi connectivity index (χ1v) is 8.43. The first-order chi connectivity index (χ1) is 8.97. The number of carbonyl (C=O) groups is 1. The van der Waals surface area contributed by atoms with Gasteiger partial charge in [-0.2, -0.15) is 0 Å². The largest absolute Gasteiger partial charge is 0.446 e. The van der Waals surface area contributed by atoms with Gasteiger partial charge < -0.3 is 15.0 Å². The van der Waals surface area contributed by atoms with Crippen molar-refractivity contribution in [2.45, 2.75) is 18.9 Å². The Kier molecular flexibility index (Phi) is 4.64. The second-order valence-electron chi connectivity index (χ2n) is 4.98. The first kappa shape index (κ1) is 14.5. The maximum absolute atomic E-state index is 11.9. The van der Waals surface area contributed by atoms with Crippen molar-refractivity contribution in [1.82, 2.24) is 14.5 Å². The summed E-state index contributed by atoms with van der Waals surface area (Å²) in [7, 11) is -3.12. The van der Waals surface area contributed by atoms with Gasteiger partial charge in [0, 0.05) is 39.3 Å². The molecule has 0 radical (unpaired) electrons. The molecular weight excluding hydrogens is 270 g/mol. The third-order valence-corrected chi connectivity index (χ3v) is 4.82. The molecule has 0 bridgehead atoms. The normalized spacial score (nSPS) is 23.3. The monoisotopic (exact) mass is 291 g/mol. The van der Waals surface area contributed by atoms with Gasteiger partial charge in [0.1, 0.15) is 6.10 Å². The van der Waals surface area contributed by atoms with Crippen LogP contribution in [0.15, 0.2) is 0 Å². The van der Waals surface area contributed by atoms with Gasteiger partial charge >= 0.3 is 6.09 Å². The second-order valence-corrected chi connectivity index (χ2v) is 6.96. The number of carbonyl (C=O) groups excluding carboxylic acids is 1. The van der Waals surface area contributed by atoms with E-state index < -0.39 is 10.0 Å². The number of piperazine rings is 1. The predicted molar refractivity (Wildman–Crippen MR) is 70.4 cm³/mol. The Hall–Kier alpha value is -0.860. The molecule has 19 heavy (non-hydrogen) atoms. The Labute approximate surface area is 113 Å². The zero-order chi connectivity index (χ0) is 13.9. The van der Waals surface area contributed by atoms with E-state index in [1.807, 2.05) is 0 Å². The highest BCUT2D eigenvalue weighted by Crippen LogP contribution is 2.17. The fourth-order valence-electron chi connectivity index (χ4n) is 2.35. The minimum absolute atomic E-state index is 0.166. The van der Waals surface area contributed by atoms with Crippen molar-refractivity contribution in [3.63, 3.8) is 0 Å². The van der Waals surface area contributed by atoms with Crippen LogP contribution in [0.2, 0.25) is 0 Å². The van der Waals surface area contributed by atoms with E-state index >= 15 is 0 Å². The molecular formula is C11H21N3O4S. The minimum Gasteiger partial charge on any atom is -0.446 e. The molecule has 0 spiro atoms. The fraction of sp³-hybridized carbons (Fsp3) is 0.909. The first-order valence-electron chi connectivity index (χ1n) is 6.58. The predicted octanol–water partition coefficient (Wildman–Crippen LogP) is -0.548. The summed E-state index contributed by atoms with van der Waals surface area (Å²) in [5.41, 5.74) is 0. The molecule has 2 fully saturated rings. The van der Waals surface area contributed by atoms with Crippen LogP contribution in [0.3, 0.4) is 0 Å². The summed E-state index contributed by atoms with van der Waals surface area (Å²) in [4.78, 5) is 13.6. The van der Waals surface area contributed by atoms with Crippen LogP contribution in [-0.4, -0.2) is 75.3 Å². The van der Waals surface area contributed by atoms with E-state index in [0.29, 0.717) is 39.0 Å². The second kappa shape index (κ2) is 6.06. The van der Waals surface area contributed by atoms with E-state index in [9.17, 15) is 13.2 Å². The van der Waals surface area contributed by atoms with E-state index in [4.69, 9.17) is 4.74 Å². The fourth-order valence-corrected chi connectivity index (χ4v) is 3.22. The summed E-state index contributed by atoms with van der Waals surface area (Å²) in [6, 6.07) is 0. The Morgan fingerprint density at radius 3 is 2.26 bits per heavy atom. The standard InChI is InChI=1S/C11H21N3O4S/c1-19(16,17)14-6-2-10(3-7-14)18-11(15)13-8-4-12-5-9-13/h10,12H,2-9H2,1H3. The molecule has 2 rings (SSSR count). The number of amides is 1. The third kappa shape index (κ3) is 4.05. The van der Waals surface area contributed by atoms with Gasteiger partial charge in [-0.05, 0) is 12.8 Å². The zero-order valence-electron chi connectivity index (χ0n) is 11.2. The van der Waals surface area contributed by atoms with Crippen LogP contribution in [0.25, 0.3) is 0 Å². The van der Waals surface area contributed by atoms with E-state index in [2.05, 4.69) is 5.32 Å². The Bertz CT molecular complexity index is 412. The molecule has 0 atom stereocenters. The molecule has 110 valence electrons. The molecule has 0 unspecified atom stereocenters. The highest BCUT2D eigenvalue weighted by Gasteiger charge is 2.28. The van der Waals surface area contributed by atoms with Crippen molar-refractivity contribution in [1.29, 1.82) is 0 Å². The summed E-state index contributed by atoms with van der Waals surface area (Å²) < 4.78 is 29.6. The number of hydrogen-bond donors (Lipinski definition) is 1. The lowest BCUT2D eigenvalue weighted by atomic mass is 10.1. The van der Waals surface area contributed by atoms with Crippen LogP contribution in [-0.2, 0) is 14.8 Å². The van der Waals surface area contributed by atoms with Gasteiger partial charge in [-0.25, -0.2) is 17.5 Å². The van der Waals surface area contributed by atoms with Crippen molar-refractivity contribution in [2.24, 2.45) is 0 Å². The molecule has 0 aromatic heterocycles. The van der Waals surface area contributed by atoms with Crippen LogP contribution in [0, 0.1) is 0 Å². The number of nitrogens with one attached hydrogen (secondary N) is 1. The Balaban J connectivity index is 1.77. The summed E-state index contributed by atoms with van der Waals surface area (Å²) in [5, 5.41) is 3.17. The third-order valence-electron chi connectivity index (χ3n) is 3.51. The summed E-state index contributed by atoms with van der Waals surface area (Å²) >= 11 is 0. The molecule has 0 aromatic rings. The van der Waals surface area contributed by atoms with Crippen molar-refractivity contribution in [3.8, 4) is 0 Å². The Morgan fingerprint density at radius 1 is 1.16 bits per heavy atom. The van der Waals surface area contributed by atoms with E-state index in [1.54, 1.807) is 4.90 Å². The molecule has 0 aromatic carbocycles. The molecule has 0 aliphatic carbocycles. The van der Waals surface area contributed by atoms with E-state index in [0.717, 1.165) is 13.1 Å². The van der Waals surface area contributed by atoms with Gasteiger partial charge in [0.05, 0.1) is 6.26 Å². The number of nitrogens with zero attached hydrogens (tertiary/aromatic N) is 2. The smallest absolute Gasteiger partial charge is 0.410 e. The lowest BCUT2D eigenvalue weighted by molar-refractivity contribution is 0.0380. The van der Waals surface area contributed by atoms with Gasteiger partial charge in [-0.3, -0.25) is 0 Å². The van der Waals surface area contributed by atoms with Crippen LogP contribution in [0.1, 0.15) is 12.8 Å². The molecule has 2 heterocycles. The highest BCUT2D eigenvalue weighted by atomic mass is 32.2. The molecule has 2 aliphatic rings. The molecule has 2 saturated heterocycles. The van der Waals surface area contributed by atoms with Crippen molar-refractivity contribution < 1.29 is 17.9 Å². The summed E-state index contributed by atoms with van der Waals surface area (Å²) in [5.74, 6) is 0. The van der Waals surface area contributed by atoms with Crippen LogP contribution in [0.5, 0.6) is 0 Å². The number of hydrogen-bond acceptors (Lipinski definition) is 5. The van der Waals surface area contributed by atoms with E-state index in [1.165, 1.54) is 10.6 Å². The highest BCUT2D eigenvalue weighted by molar-refractivity contribution is 7.88. The van der Waals surface area contributed by atoms with Crippen LogP contribution < -0.4 is 5.32 Å². The minimum atomic E-state index is -3.12. The molecule has 8 heteroatoms. The average Bonchev–Trinajstić information content (AvgIpc) is 2.39. The number of sulfonamides is 1. The molecule has 1 N–H and O–H groups in total. The SMILES string of the molecule is CS(=O)(=O)N1CCC(OC(=O)N2CCNCC2)CC1. The molecule has 1 amide bonds. The summed E-state index contributed by atoms with van der Waals surface area (Å²) in [6.45, 7) is 3.78. The maximum atomic E-state index is 11.9. The molecule has 0 saturated carbocycles. The quantitative estimate of drug-likeness (QED) is 0.739. The van der Waals surface area contributed by atoms with Gasteiger partial charge in [-0.15, -0.1) is 0 Å². The van der Waals surface area contributed by atoms with Crippen molar-refractivity contribution >= 4 is 16.1 Å². The Morgan fingerprint density at radius 2 is 1.74 bits per heavy atom. The van der Waals surface area contributed by atoms with E-state index in [-0.39, 0.29) is 12.2 Å². The van der Waals surface area contributed by atoms with Crippen molar-refractivity contribution in [3.05, 3.63) is 0 Å². The van der Waals surface area contributed by atoms with Gasteiger partial charge in [-0.1, -0.05) is 0 Å². The molecule has 7 nitrogen and oxygen atoms in total. The van der Waals surface area contributed by atoms with Crippen molar-refractivity contribution in [2.75, 3.05) is 45.5 Å². The van der Waals surface area contributed by atoms with Gasteiger partial charge in [0.25, 0.3) is 0 Å². The lowest BCUT2D eigenvalue weighted by Gasteiger charge is -2.32. The number of rotatable bonds is 2. The van der Waals surface area contributed by atoms with Gasteiger partial charge in [0.15, 0.2) is 0 Å². The van der Waals surface area contributed by atoms with Crippen LogP contribution >= 0.6 is 0 Å². The lowest BCUT2D eigenvalue weighted by Crippen LogP contribution is -2.48. The summed E-state index contributed by atoms with van der Waals surface area (Å²) in [6.07, 6.45) is 1.91.